The second-order valence-corrected chi connectivity index (χ2v) is 6.34. The summed E-state index contributed by atoms with van der Waals surface area (Å²) in [7, 11) is 0. The Morgan fingerprint density at radius 3 is 2.56 bits per heavy atom. The summed E-state index contributed by atoms with van der Waals surface area (Å²) in [4.78, 5) is 18.1. The molecule has 136 valence electrons. The van der Waals surface area contributed by atoms with E-state index in [1.54, 1.807) is 12.4 Å². The van der Waals surface area contributed by atoms with Crippen LogP contribution in [-0.2, 0) is 22.7 Å². The summed E-state index contributed by atoms with van der Waals surface area (Å²) >= 11 is 0. The van der Waals surface area contributed by atoms with Crippen LogP contribution in [0.15, 0.2) is 60.9 Å². The summed E-state index contributed by atoms with van der Waals surface area (Å²) in [5, 5.41) is 0. The van der Waals surface area contributed by atoms with Crippen LogP contribution in [0.2, 0.25) is 0 Å². The third-order valence-corrected chi connectivity index (χ3v) is 4.41. The van der Waals surface area contributed by atoms with Gasteiger partial charge < -0.3 is 9.64 Å². The van der Waals surface area contributed by atoms with Crippen molar-refractivity contribution in [3.05, 3.63) is 83.7 Å². The van der Waals surface area contributed by atoms with Gasteiger partial charge in [0.15, 0.2) is 0 Å². The van der Waals surface area contributed by atoms with E-state index < -0.39 is 11.6 Å². The van der Waals surface area contributed by atoms with Crippen molar-refractivity contribution in [3.63, 3.8) is 0 Å². The van der Waals surface area contributed by atoms with E-state index in [1.165, 1.54) is 17.0 Å². The van der Waals surface area contributed by atoms with Crippen LogP contribution in [-0.4, -0.2) is 17.5 Å². The molecule has 2 heterocycles. The summed E-state index contributed by atoms with van der Waals surface area (Å²) in [5.41, 5.74) is 3.80. The zero-order valence-electron chi connectivity index (χ0n) is 14.4. The molecule has 27 heavy (non-hydrogen) atoms. The summed E-state index contributed by atoms with van der Waals surface area (Å²) in [5.74, 6) is -1.60. The number of amides is 1. The van der Waals surface area contributed by atoms with Crippen molar-refractivity contribution >= 4 is 11.6 Å². The van der Waals surface area contributed by atoms with Gasteiger partial charge in [0.25, 0.3) is 5.91 Å². The Bertz CT molecular complexity index is 972. The van der Waals surface area contributed by atoms with Crippen LogP contribution in [0.4, 0.5) is 14.5 Å². The second kappa shape index (κ2) is 7.25. The van der Waals surface area contributed by atoms with Crippen LogP contribution in [0.25, 0.3) is 11.1 Å². The molecule has 0 N–H and O–H groups in total. The molecule has 1 aliphatic heterocycles. The lowest BCUT2D eigenvalue weighted by Gasteiger charge is -2.23. The van der Waals surface area contributed by atoms with E-state index in [9.17, 15) is 13.6 Å². The minimum atomic E-state index is -0.671. The van der Waals surface area contributed by atoms with Crippen LogP contribution in [0, 0.1) is 11.6 Å². The monoisotopic (exact) mass is 366 g/mol. The van der Waals surface area contributed by atoms with Crippen molar-refractivity contribution in [2.45, 2.75) is 13.2 Å². The highest BCUT2D eigenvalue weighted by molar-refractivity contribution is 5.95. The number of hydrogen-bond acceptors (Lipinski definition) is 3. The molecule has 1 amide bonds. The molecule has 0 atom stereocenters. The largest absolute Gasteiger partial charge is 0.367 e. The molecule has 1 aromatic heterocycles. The highest BCUT2D eigenvalue weighted by atomic mass is 19.1. The normalized spacial score (nSPS) is 14.0. The third-order valence-electron chi connectivity index (χ3n) is 4.41. The molecule has 0 spiro atoms. The number of nitrogens with zero attached hydrogens (tertiary/aromatic N) is 2. The van der Waals surface area contributed by atoms with E-state index in [4.69, 9.17) is 4.74 Å². The van der Waals surface area contributed by atoms with Crippen molar-refractivity contribution in [2.24, 2.45) is 0 Å². The number of halogens is 2. The smallest absolute Gasteiger partial charge is 0.253 e. The summed E-state index contributed by atoms with van der Waals surface area (Å²) in [6.07, 6.45) is 3.46. The van der Waals surface area contributed by atoms with Gasteiger partial charge in [0, 0.05) is 35.3 Å². The van der Waals surface area contributed by atoms with Gasteiger partial charge in [0.2, 0.25) is 0 Å². The number of ether oxygens (including phenoxy) is 1. The van der Waals surface area contributed by atoms with Gasteiger partial charge in [-0.25, -0.2) is 8.78 Å². The highest BCUT2D eigenvalue weighted by Gasteiger charge is 2.23. The summed E-state index contributed by atoms with van der Waals surface area (Å²) in [6, 6.07) is 12.7. The number of fused-ring (bicyclic) bond motifs is 1. The first-order valence-corrected chi connectivity index (χ1v) is 8.46. The lowest BCUT2D eigenvalue weighted by Crippen LogP contribution is -2.32. The molecule has 6 heteroatoms. The van der Waals surface area contributed by atoms with Crippen molar-refractivity contribution in [1.29, 1.82) is 0 Å². The Labute approximate surface area is 155 Å². The van der Waals surface area contributed by atoms with Crippen molar-refractivity contribution < 1.29 is 18.3 Å². The second-order valence-electron chi connectivity index (χ2n) is 6.34. The topological polar surface area (TPSA) is 42.4 Å². The third kappa shape index (κ3) is 3.71. The number of benzene rings is 2. The standard InChI is InChI=1S/C21H16F2N2O2/c22-18-6-14(7-19(23)9-18)11-25-20-4-3-15(16-2-1-5-24-10-16)8-17(20)12-27-13-21(25)26/h1-10H,11-13H2. The fourth-order valence-electron chi connectivity index (χ4n) is 3.20. The van der Waals surface area contributed by atoms with Crippen LogP contribution in [0.3, 0.4) is 0 Å². The Kier molecular flexibility index (Phi) is 4.64. The van der Waals surface area contributed by atoms with Gasteiger partial charge in [-0.15, -0.1) is 0 Å². The number of carbonyl (C=O) groups is 1. The molecule has 0 aliphatic carbocycles. The van der Waals surface area contributed by atoms with Crippen LogP contribution in [0.5, 0.6) is 0 Å². The van der Waals surface area contributed by atoms with Gasteiger partial charge in [-0.3, -0.25) is 9.78 Å². The fourth-order valence-corrected chi connectivity index (χ4v) is 3.20. The van der Waals surface area contributed by atoms with E-state index in [0.717, 1.165) is 22.8 Å². The van der Waals surface area contributed by atoms with Gasteiger partial charge >= 0.3 is 0 Å². The van der Waals surface area contributed by atoms with E-state index in [-0.39, 0.29) is 25.7 Å². The number of hydrogen-bond donors (Lipinski definition) is 0. The SMILES string of the molecule is O=C1COCc2cc(-c3cccnc3)ccc2N1Cc1cc(F)cc(F)c1. The van der Waals surface area contributed by atoms with E-state index in [2.05, 4.69) is 4.98 Å². The molecular formula is C21H16F2N2O2. The van der Waals surface area contributed by atoms with Crippen LogP contribution >= 0.6 is 0 Å². The van der Waals surface area contributed by atoms with Crippen molar-refractivity contribution in [1.82, 2.24) is 4.98 Å². The molecule has 0 unspecified atom stereocenters. The summed E-state index contributed by atoms with van der Waals surface area (Å²) in [6.45, 7) is 0.258. The minimum Gasteiger partial charge on any atom is -0.367 e. The number of rotatable bonds is 3. The molecule has 0 radical (unpaired) electrons. The van der Waals surface area contributed by atoms with Crippen molar-refractivity contribution in [2.75, 3.05) is 11.5 Å². The van der Waals surface area contributed by atoms with Crippen molar-refractivity contribution in [3.8, 4) is 11.1 Å². The number of anilines is 1. The molecule has 0 saturated heterocycles. The first kappa shape index (κ1) is 17.3. The zero-order chi connectivity index (χ0) is 18.8. The average Bonchev–Trinajstić information content (AvgIpc) is 2.80. The lowest BCUT2D eigenvalue weighted by molar-refractivity contribution is -0.123. The number of aromatic nitrogens is 1. The first-order valence-electron chi connectivity index (χ1n) is 8.46. The number of carbonyl (C=O) groups excluding carboxylic acids is 1. The first-order chi connectivity index (χ1) is 13.1. The van der Waals surface area contributed by atoms with Crippen LogP contribution in [0.1, 0.15) is 11.1 Å². The predicted molar refractivity (Wildman–Crippen MR) is 96.9 cm³/mol. The molecule has 1 aliphatic rings. The van der Waals surface area contributed by atoms with Gasteiger partial charge in [-0.05, 0) is 41.5 Å². The Hall–Kier alpha value is -3.12. The fraction of sp³-hybridized carbons (Fsp3) is 0.143. The zero-order valence-corrected chi connectivity index (χ0v) is 14.4. The average molecular weight is 366 g/mol. The molecule has 0 fully saturated rings. The molecule has 2 aromatic carbocycles. The highest BCUT2D eigenvalue weighted by Crippen LogP contribution is 2.31. The molecular weight excluding hydrogens is 350 g/mol. The summed E-state index contributed by atoms with van der Waals surface area (Å²) < 4.78 is 32.5. The lowest BCUT2D eigenvalue weighted by atomic mass is 10.0. The predicted octanol–water partition coefficient (Wildman–Crippen LogP) is 4.09. The quantitative estimate of drug-likeness (QED) is 0.701. The van der Waals surface area contributed by atoms with Gasteiger partial charge in [0.1, 0.15) is 18.2 Å². The number of pyridine rings is 1. The van der Waals surface area contributed by atoms with Crippen LogP contribution < -0.4 is 4.90 Å². The van der Waals surface area contributed by atoms with Gasteiger partial charge in [-0.1, -0.05) is 12.1 Å². The maximum atomic E-state index is 13.5. The Balaban J connectivity index is 1.72. The van der Waals surface area contributed by atoms with E-state index in [1.807, 2.05) is 30.3 Å². The van der Waals surface area contributed by atoms with Gasteiger partial charge in [0.05, 0.1) is 13.2 Å². The Morgan fingerprint density at radius 1 is 1.00 bits per heavy atom. The Morgan fingerprint density at radius 2 is 1.81 bits per heavy atom. The van der Waals surface area contributed by atoms with Gasteiger partial charge in [-0.2, -0.15) is 0 Å². The molecule has 3 aromatic rings. The molecule has 0 saturated carbocycles. The van der Waals surface area contributed by atoms with E-state index in [0.29, 0.717) is 11.3 Å². The molecule has 0 bridgehead atoms. The maximum absolute atomic E-state index is 13.5. The molecule has 4 rings (SSSR count). The molecule has 4 nitrogen and oxygen atoms in total. The van der Waals surface area contributed by atoms with E-state index >= 15 is 0 Å². The minimum absolute atomic E-state index is 0.0656. The maximum Gasteiger partial charge on any atom is 0.253 e.